The molecule has 2 heterocycles. The fourth-order valence-electron chi connectivity index (χ4n) is 2.30. The molecule has 5 nitrogen and oxygen atoms in total. The van der Waals surface area contributed by atoms with Crippen LogP contribution in [0, 0.1) is 6.92 Å². The van der Waals surface area contributed by atoms with Crippen molar-refractivity contribution in [2.45, 2.75) is 32.4 Å². The highest BCUT2D eigenvalue weighted by atomic mass is 16.3. The summed E-state index contributed by atoms with van der Waals surface area (Å²) in [6.07, 6.45) is 3.99. The normalized spacial score (nSPS) is 18.1. The van der Waals surface area contributed by atoms with E-state index in [4.69, 9.17) is 0 Å². The number of rotatable bonds is 6. The van der Waals surface area contributed by atoms with Gasteiger partial charge < -0.3 is 15.3 Å². The van der Waals surface area contributed by atoms with Crippen LogP contribution < -0.4 is 5.32 Å². The van der Waals surface area contributed by atoms with E-state index < -0.39 is 0 Å². The number of aromatic nitrogens is 2. The SMILES string of the molecule is Cc1nccc(CNCC(O)CN2CCCC2)n1. The van der Waals surface area contributed by atoms with Crippen molar-refractivity contribution in [2.75, 3.05) is 26.2 Å². The van der Waals surface area contributed by atoms with Crippen LogP contribution in [-0.2, 0) is 6.54 Å². The number of nitrogens with zero attached hydrogens (tertiary/aromatic N) is 3. The van der Waals surface area contributed by atoms with E-state index in [1.54, 1.807) is 6.20 Å². The van der Waals surface area contributed by atoms with E-state index in [1.807, 2.05) is 13.0 Å². The Morgan fingerprint density at radius 2 is 2.22 bits per heavy atom. The number of nitrogens with one attached hydrogen (secondary N) is 1. The fourth-order valence-corrected chi connectivity index (χ4v) is 2.30. The van der Waals surface area contributed by atoms with Gasteiger partial charge in [-0.1, -0.05) is 0 Å². The number of aryl methyl sites for hydroxylation is 1. The molecule has 1 atom stereocenters. The maximum Gasteiger partial charge on any atom is 0.125 e. The molecule has 1 aliphatic heterocycles. The summed E-state index contributed by atoms with van der Waals surface area (Å²) in [7, 11) is 0. The van der Waals surface area contributed by atoms with E-state index >= 15 is 0 Å². The van der Waals surface area contributed by atoms with Crippen LogP contribution in [0.2, 0.25) is 0 Å². The van der Waals surface area contributed by atoms with Gasteiger partial charge in [0, 0.05) is 25.8 Å². The summed E-state index contributed by atoms with van der Waals surface area (Å²) in [5, 5.41) is 13.1. The van der Waals surface area contributed by atoms with Crippen molar-refractivity contribution >= 4 is 0 Å². The number of hydrogen-bond acceptors (Lipinski definition) is 5. The third-order valence-corrected chi connectivity index (χ3v) is 3.19. The summed E-state index contributed by atoms with van der Waals surface area (Å²) in [5.41, 5.74) is 0.968. The van der Waals surface area contributed by atoms with Gasteiger partial charge in [-0.3, -0.25) is 0 Å². The number of aliphatic hydroxyl groups excluding tert-OH is 1. The lowest BCUT2D eigenvalue weighted by Crippen LogP contribution is -2.36. The first-order valence-corrected chi connectivity index (χ1v) is 6.64. The van der Waals surface area contributed by atoms with Gasteiger partial charge in [0.1, 0.15) is 5.82 Å². The molecule has 1 fully saturated rings. The van der Waals surface area contributed by atoms with Gasteiger partial charge in [0.2, 0.25) is 0 Å². The summed E-state index contributed by atoms with van der Waals surface area (Å²) < 4.78 is 0. The van der Waals surface area contributed by atoms with Crippen molar-refractivity contribution in [1.82, 2.24) is 20.2 Å². The molecule has 0 amide bonds. The Labute approximate surface area is 108 Å². The lowest BCUT2D eigenvalue weighted by atomic mass is 10.3. The molecule has 1 saturated heterocycles. The Balaban J connectivity index is 1.65. The van der Waals surface area contributed by atoms with Crippen LogP contribution in [0.1, 0.15) is 24.4 Å². The molecule has 1 aromatic heterocycles. The van der Waals surface area contributed by atoms with Crippen LogP contribution in [0.25, 0.3) is 0 Å². The Morgan fingerprint density at radius 3 is 2.94 bits per heavy atom. The molecule has 1 aliphatic rings. The molecule has 100 valence electrons. The molecule has 0 aromatic carbocycles. The van der Waals surface area contributed by atoms with Gasteiger partial charge in [-0.15, -0.1) is 0 Å². The molecular weight excluding hydrogens is 228 g/mol. The van der Waals surface area contributed by atoms with Crippen molar-refractivity contribution in [3.8, 4) is 0 Å². The summed E-state index contributed by atoms with van der Waals surface area (Å²) >= 11 is 0. The highest BCUT2D eigenvalue weighted by molar-refractivity contribution is 5.01. The van der Waals surface area contributed by atoms with Gasteiger partial charge in [-0.25, -0.2) is 9.97 Å². The predicted molar refractivity (Wildman–Crippen MR) is 70.2 cm³/mol. The number of hydrogen-bond donors (Lipinski definition) is 2. The molecule has 0 saturated carbocycles. The maximum absolute atomic E-state index is 9.91. The van der Waals surface area contributed by atoms with Crippen LogP contribution in [0.5, 0.6) is 0 Å². The zero-order valence-corrected chi connectivity index (χ0v) is 11.0. The van der Waals surface area contributed by atoms with Crippen molar-refractivity contribution < 1.29 is 5.11 Å². The molecule has 1 unspecified atom stereocenters. The lowest BCUT2D eigenvalue weighted by molar-refractivity contribution is 0.123. The molecule has 0 radical (unpaired) electrons. The molecule has 0 spiro atoms. The highest BCUT2D eigenvalue weighted by Crippen LogP contribution is 2.07. The number of likely N-dealkylation sites (tertiary alicyclic amines) is 1. The second-order valence-corrected chi connectivity index (χ2v) is 4.89. The van der Waals surface area contributed by atoms with E-state index in [0.29, 0.717) is 13.1 Å². The largest absolute Gasteiger partial charge is 0.390 e. The molecule has 0 aliphatic carbocycles. The van der Waals surface area contributed by atoms with Gasteiger partial charge in [0.05, 0.1) is 11.8 Å². The summed E-state index contributed by atoms with van der Waals surface area (Å²) in [6, 6.07) is 1.90. The third-order valence-electron chi connectivity index (χ3n) is 3.19. The zero-order chi connectivity index (χ0) is 12.8. The van der Waals surface area contributed by atoms with Gasteiger partial charge in [-0.2, -0.15) is 0 Å². The Bertz CT molecular complexity index is 366. The second kappa shape index (κ2) is 6.78. The van der Waals surface area contributed by atoms with Crippen LogP contribution in [0.15, 0.2) is 12.3 Å². The van der Waals surface area contributed by atoms with E-state index in [2.05, 4.69) is 20.2 Å². The topological polar surface area (TPSA) is 61.3 Å². The average Bonchev–Trinajstić information content (AvgIpc) is 2.82. The van der Waals surface area contributed by atoms with Gasteiger partial charge in [0.25, 0.3) is 0 Å². The van der Waals surface area contributed by atoms with Crippen molar-refractivity contribution in [3.63, 3.8) is 0 Å². The summed E-state index contributed by atoms with van der Waals surface area (Å²) in [4.78, 5) is 10.7. The van der Waals surface area contributed by atoms with Crippen LogP contribution in [-0.4, -0.2) is 52.3 Å². The molecule has 0 bridgehead atoms. The summed E-state index contributed by atoms with van der Waals surface area (Å²) in [6.45, 7) is 6.20. The molecule has 5 heteroatoms. The van der Waals surface area contributed by atoms with E-state index in [9.17, 15) is 5.11 Å². The monoisotopic (exact) mass is 250 g/mol. The van der Waals surface area contributed by atoms with Crippen LogP contribution in [0.3, 0.4) is 0 Å². The Hall–Kier alpha value is -1.04. The van der Waals surface area contributed by atoms with E-state index in [0.717, 1.165) is 31.2 Å². The van der Waals surface area contributed by atoms with Crippen molar-refractivity contribution in [3.05, 3.63) is 23.8 Å². The van der Waals surface area contributed by atoms with Crippen LogP contribution in [0.4, 0.5) is 0 Å². The first kappa shape index (κ1) is 13.4. The smallest absolute Gasteiger partial charge is 0.125 e. The third kappa shape index (κ3) is 4.33. The first-order chi connectivity index (χ1) is 8.74. The maximum atomic E-state index is 9.91. The van der Waals surface area contributed by atoms with Crippen LogP contribution >= 0.6 is 0 Å². The van der Waals surface area contributed by atoms with E-state index in [1.165, 1.54) is 12.8 Å². The molecule has 2 N–H and O–H groups in total. The Morgan fingerprint density at radius 1 is 1.44 bits per heavy atom. The van der Waals surface area contributed by atoms with Crippen molar-refractivity contribution in [2.24, 2.45) is 0 Å². The average molecular weight is 250 g/mol. The molecule has 18 heavy (non-hydrogen) atoms. The number of β-amino-alcohol motifs (C(OH)–C–C–N with tert-alkyl or cyclic N) is 1. The minimum absolute atomic E-state index is 0.300. The van der Waals surface area contributed by atoms with Gasteiger partial charge in [-0.05, 0) is 38.9 Å². The van der Waals surface area contributed by atoms with Crippen molar-refractivity contribution in [1.29, 1.82) is 0 Å². The minimum atomic E-state index is -0.300. The Kier molecular flexibility index (Phi) is 5.04. The molecule has 2 rings (SSSR count). The predicted octanol–water partition coefficient (Wildman–Crippen LogP) is 0.331. The first-order valence-electron chi connectivity index (χ1n) is 6.64. The molecule has 1 aromatic rings. The summed E-state index contributed by atoms with van der Waals surface area (Å²) in [5.74, 6) is 0.784. The lowest BCUT2D eigenvalue weighted by Gasteiger charge is -2.19. The zero-order valence-electron chi connectivity index (χ0n) is 11.0. The standard InChI is InChI=1S/C13H22N4O/c1-11-15-5-4-12(16-11)8-14-9-13(18)10-17-6-2-3-7-17/h4-5,13-14,18H,2-3,6-10H2,1H3. The fraction of sp³-hybridized carbons (Fsp3) is 0.692. The van der Waals surface area contributed by atoms with Gasteiger partial charge in [0.15, 0.2) is 0 Å². The van der Waals surface area contributed by atoms with Gasteiger partial charge >= 0.3 is 0 Å². The quantitative estimate of drug-likeness (QED) is 0.762. The molecular formula is C13H22N4O. The van der Waals surface area contributed by atoms with E-state index in [-0.39, 0.29) is 6.10 Å². The minimum Gasteiger partial charge on any atom is -0.390 e. The number of aliphatic hydroxyl groups is 1. The second-order valence-electron chi connectivity index (χ2n) is 4.89. The highest BCUT2D eigenvalue weighted by Gasteiger charge is 2.15.